The fourth-order valence-electron chi connectivity index (χ4n) is 4.10. The maximum atomic E-state index is 12.9. The van der Waals surface area contributed by atoms with Crippen LogP contribution in [0.3, 0.4) is 0 Å². The second kappa shape index (κ2) is 12.7. The van der Waals surface area contributed by atoms with Crippen LogP contribution >= 0.6 is 0 Å². The number of amides is 3. The largest absolute Gasteiger partial charge is 0.493 e. The van der Waals surface area contributed by atoms with E-state index < -0.39 is 29.6 Å². The third-order valence-electron chi connectivity index (χ3n) is 7.00. The molecular weight excluding hydrogens is 516 g/mol. The van der Waals surface area contributed by atoms with Crippen LogP contribution in [0.2, 0.25) is 0 Å². The minimum Gasteiger partial charge on any atom is -0.493 e. The average molecular weight is 557 g/mol. The summed E-state index contributed by atoms with van der Waals surface area (Å²) in [4.78, 5) is 39.8. The van der Waals surface area contributed by atoms with E-state index in [-0.39, 0.29) is 49.4 Å². The van der Waals surface area contributed by atoms with Gasteiger partial charge in [0.2, 0.25) is 11.8 Å². The summed E-state index contributed by atoms with van der Waals surface area (Å²) in [6.45, 7) is 3.84. The van der Waals surface area contributed by atoms with Crippen molar-refractivity contribution in [3.63, 3.8) is 0 Å². The maximum Gasteiger partial charge on any atom is 0.409 e. The second-order valence-corrected chi connectivity index (χ2v) is 11.2. The Balaban J connectivity index is 1.56. The van der Waals surface area contributed by atoms with Crippen LogP contribution in [0, 0.1) is 5.92 Å². The summed E-state index contributed by atoms with van der Waals surface area (Å²) in [6, 6.07) is 8.29. The summed E-state index contributed by atoms with van der Waals surface area (Å²) in [5.74, 6) is -0.422. The summed E-state index contributed by atoms with van der Waals surface area (Å²) < 4.78 is 12.2. The van der Waals surface area contributed by atoms with E-state index in [2.05, 4.69) is 15.7 Å². The molecule has 12 nitrogen and oxygen atoms in total. The Bertz CT molecular complexity index is 1190. The molecule has 1 aromatic carbocycles. The molecule has 2 fully saturated rings. The molecule has 4 rings (SSSR count). The first kappa shape index (κ1) is 29.3. The minimum absolute atomic E-state index is 0.00589. The fourth-order valence-corrected chi connectivity index (χ4v) is 4.10. The summed E-state index contributed by atoms with van der Waals surface area (Å²) in [7, 11) is 1.69. The number of benzene rings is 1. The van der Waals surface area contributed by atoms with Crippen molar-refractivity contribution >= 4 is 18.0 Å². The highest BCUT2D eigenvalue weighted by Crippen LogP contribution is 2.30. The second-order valence-electron chi connectivity index (χ2n) is 11.2. The van der Waals surface area contributed by atoms with E-state index in [9.17, 15) is 19.5 Å². The van der Waals surface area contributed by atoms with Gasteiger partial charge in [0.15, 0.2) is 0 Å². The Labute approximate surface area is 234 Å². The van der Waals surface area contributed by atoms with E-state index in [1.54, 1.807) is 25.8 Å². The maximum absolute atomic E-state index is 12.9. The quantitative estimate of drug-likeness (QED) is 0.293. The molecule has 2 aliphatic rings. The predicted molar refractivity (Wildman–Crippen MR) is 146 cm³/mol. The standard InChI is InChI=1S/C28H40N6O6/c1-28(2,29)25(36)31-22(17-39-16-19-7-5-4-6-8-19)23-21(13-14-40-27(38)33(3)20-11-12-20)24(35)34(32-23)26(37)30-15-18-9-10-18/h4-8,18,20,22,35H,9-17,29H2,1-3H3,(H,30,37)(H,31,36)/t22-/m0/s1. The van der Waals surface area contributed by atoms with Gasteiger partial charge in [-0.15, -0.1) is 4.68 Å². The lowest BCUT2D eigenvalue weighted by atomic mass is 10.0. The highest BCUT2D eigenvalue weighted by molar-refractivity contribution is 5.85. The Hall–Kier alpha value is -3.64. The van der Waals surface area contributed by atoms with E-state index in [0.29, 0.717) is 12.5 Å². The molecule has 3 amide bonds. The highest BCUT2D eigenvalue weighted by Gasteiger charge is 2.33. The van der Waals surface area contributed by atoms with Crippen molar-refractivity contribution in [2.75, 3.05) is 26.8 Å². The first-order valence-corrected chi connectivity index (χ1v) is 13.7. The summed E-state index contributed by atoms with van der Waals surface area (Å²) in [6.07, 6.45) is 3.59. The first-order valence-electron chi connectivity index (χ1n) is 13.7. The molecule has 218 valence electrons. The summed E-state index contributed by atoms with van der Waals surface area (Å²) in [5.41, 5.74) is 6.28. The molecule has 0 spiro atoms. The molecule has 40 heavy (non-hydrogen) atoms. The number of carbonyl (C=O) groups excluding carboxylic acids is 3. The van der Waals surface area contributed by atoms with Gasteiger partial charge in [0.25, 0.3) is 0 Å². The minimum atomic E-state index is -1.20. The summed E-state index contributed by atoms with van der Waals surface area (Å²) in [5, 5.41) is 21.1. The number of nitrogens with zero attached hydrogens (tertiary/aromatic N) is 3. The molecule has 0 radical (unpaired) electrons. The lowest BCUT2D eigenvalue weighted by Crippen LogP contribution is -2.50. The van der Waals surface area contributed by atoms with Crippen LogP contribution in [0.5, 0.6) is 5.88 Å². The molecule has 0 saturated heterocycles. The van der Waals surface area contributed by atoms with Crippen molar-refractivity contribution in [3.05, 3.63) is 47.2 Å². The van der Waals surface area contributed by atoms with Crippen molar-refractivity contribution in [2.45, 2.75) is 70.2 Å². The highest BCUT2D eigenvalue weighted by atomic mass is 16.6. The SMILES string of the molecule is CN(C(=O)OCCc1c([C@H](COCc2ccccc2)NC(=O)C(C)(C)N)nn(C(=O)NCC2CC2)c1O)C1CC1. The molecule has 0 bridgehead atoms. The van der Waals surface area contributed by atoms with E-state index >= 15 is 0 Å². The van der Waals surface area contributed by atoms with E-state index in [1.165, 1.54) is 0 Å². The number of carbonyl (C=O) groups is 3. The zero-order chi connectivity index (χ0) is 28.9. The zero-order valence-electron chi connectivity index (χ0n) is 23.4. The van der Waals surface area contributed by atoms with Crippen LogP contribution in [-0.2, 0) is 27.3 Å². The van der Waals surface area contributed by atoms with Gasteiger partial charge >= 0.3 is 12.1 Å². The number of nitrogens with two attached hydrogens (primary N) is 1. The average Bonchev–Trinajstić information content (AvgIpc) is 3.85. The molecule has 0 aliphatic heterocycles. The molecule has 1 aromatic heterocycles. The molecule has 2 aliphatic carbocycles. The molecular formula is C28H40N6O6. The van der Waals surface area contributed by atoms with Crippen LogP contribution in [-0.4, -0.2) is 76.2 Å². The Morgan fingerprint density at radius 3 is 2.52 bits per heavy atom. The topological polar surface area (TPSA) is 161 Å². The lowest BCUT2D eigenvalue weighted by molar-refractivity contribution is -0.126. The molecule has 0 unspecified atom stereocenters. The number of hydrogen-bond donors (Lipinski definition) is 4. The molecule has 2 aromatic rings. The Morgan fingerprint density at radius 2 is 1.90 bits per heavy atom. The van der Waals surface area contributed by atoms with Crippen LogP contribution in [0.4, 0.5) is 9.59 Å². The number of hydrogen-bond acceptors (Lipinski definition) is 8. The fraction of sp³-hybridized carbons (Fsp3) is 0.571. The van der Waals surface area contributed by atoms with Crippen LogP contribution < -0.4 is 16.4 Å². The van der Waals surface area contributed by atoms with E-state index in [0.717, 1.165) is 35.9 Å². The number of nitrogens with one attached hydrogen (secondary N) is 2. The van der Waals surface area contributed by atoms with Gasteiger partial charge in [0.1, 0.15) is 0 Å². The zero-order valence-corrected chi connectivity index (χ0v) is 23.4. The third kappa shape index (κ3) is 7.95. The lowest BCUT2D eigenvalue weighted by Gasteiger charge is -2.24. The third-order valence-corrected chi connectivity index (χ3v) is 7.00. The van der Waals surface area contributed by atoms with Gasteiger partial charge in [-0.1, -0.05) is 30.3 Å². The summed E-state index contributed by atoms with van der Waals surface area (Å²) >= 11 is 0. The predicted octanol–water partition coefficient (Wildman–Crippen LogP) is 2.44. The number of aromatic hydroxyl groups is 1. The smallest absolute Gasteiger partial charge is 0.409 e. The van der Waals surface area contributed by atoms with Crippen LogP contribution in [0.1, 0.15) is 62.4 Å². The number of ether oxygens (including phenoxy) is 2. The van der Waals surface area contributed by atoms with Crippen molar-refractivity contribution in [2.24, 2.45) is 11.7 Å². The van der Waals surface area contributed by atoms with Crippen molar-refractivity contribution in [1.82, 2.24) is 25.3 Å². The van der Waals surface area contributed by atoms with E-state index in [4.69, 9.17) is 15.2 Å². The van der Waals surface area contributed by atoms with Gasteiger partial charge in [-0.25, -0.2) is 9.59 Å². The van der Waals surface area contributed by atoms with Crippen molar-refractivity contribution in [3.8, 4) is 5.88 Å². The van der Waals surface area contributed by atoms with Gasteiger partial charge in [0, 0.05) is 31.6 Å². The normalized spacial score (nSPS) is 15.8. The monoisotopic (exact) mass is 556 g/mol. The van der Waals surface area contributed by atoms with Crippen molar-refractivity contribution in [1.29, 1.82) is 0 Å². The number of rotatable bonds is 13. The van der Waals surface area contributed by atoms with Crippen LogP contribution in [0.25, 0.3) is 0 Å². The number of aromatic nitrogens is 2. The Kier molecular flexibility index (Phi) is 9.31. The van der Waals surface area contributed by atoms with Gasteiger partial charge in [0.05, 0.1) is 37.1 Å². The van der Waals surface area contributed by atoms with Crippen molar-refractivity contribution < 1.29 is 29.0 Å². The van der Waals surface area contributed by atoms with Gasteiger partial charge in [-0.2, -0.15) is 5.10 Å². The van der Waals surface area contributed by atoms with Gasteiger partial charge in [-0.05, 0) is 51.0 Å². The van der Waals surface area contributed by atoms with Gasteiger partial charge < -0.3 is 35.8 Å². The molecule has 1 heterocycles. The molecule has 1 atom stereocenters. The van der Waals surface area contributed by atoms with Gasteiger partial charge in [-0.3, -0.25) is 4.79 Å². The van der Waals surface area contributed by atoms with Crippen LogP contribution in [0.15, 0.2) is 30.3 Å². The van der Waals surface area contributed by atoms with E-state index in [1.807, 2.05) is 30.3 Å². The molecule has 5 N–H and O–H groups in total. The first-order chi connectivity index (χ1) is 19.0. The Morgan fingerprint density at radius 1 is 1.20 bits per heavy atom. The molecule has 2 saturated carbocycles. The molecule has 12 heteroatoms.